The van der Waals surface area contributed by atoms with E-state index in [1.165, 1.54) is 6.42 Å². The van der Waals surface area contributed by atoms with Gasteiger partial charge in [0.2, 0.25) is 5.91 Å². The Morgan fingerprint density at radius 1 is 1.07 bits per heavy atom. The number of amides is 2. The van der Waals surface area contributed by atoms with E-state index in [0.717, 1.165) is 24.8 Å². The summed E-state index contributed by atoms with van der Waals surface area (Å²) in [5.74, 6) is -0.397. The topological polar surface area (TPSA) is 75.7 Å². The van der Waals surface area contributed by atoms with Gasteiger partial charge in [-0.3, -0.25) is 14.4 Å². The molecule has 30 heavy (non-hydrogen) atoms. The molecule has 162 valence electrons. The number of carbonyl (C=O) groups excluding carboxylic acids is 3. The summed E-state index contributed by atoms with van der Waals surface area (Å²) in [5.41, 5.74) is 0.977. The molecule has 1 saturated carbocycles. The predicted molar refractivity (Wildman–Crippen MR) is 115 cm³/mol. The molecule has 2 fully saturated rings. The smallest absolute Gasteiger partial charge is 0.309 e. The van der Waals surface area contributed by atoms with Gasteiger partial charge in [0.05, 0.1) is 5.92 Å². The molecule has 6 nitrogen and oxygen atoms in total. The van der Waals surface area contributed by atoms with Crippen LogP contribution in [0.2, 0.25) is 0 Å². The SMILES string of the molecule is C[C@H]1CCCC[C@@H]1NC(=O)COC(=O)C1CCN(C(=O)/C=C/c2ccccc2)CC1. The molecule has 1 aromatic rings. The normalized spacial score (nSPS) is 22.6. The second-order valence-electron chi connectivity index (χ2n) is 8.39. The zero-order chi connectivity index (χ0) is 21.3. The summed E-state index contributed by atoms with van der Waals surface area (Å²) >= 11 is 0. The van der Waals surface area contributed by atoms with Gasteiger partial charge in [0.15, 0.2) is 6.61 Å². The van der Waals surface area contributed by atoms with Crippen molar-refractivity contribution in [2.24, 2.45) is 11.8 Å². The molecule has 1 saturated heterocycles. The Hall–Kier alpha value is -2.63. The van der Waals surface area contributed by atoms with E-state index in [9.17, 15) is 14.4 Å². The number of nitrogens with zero attached hydrogens (tertiary/aromatic N) is 1. The summed E-state index contributed by atoms with van der Waals surface area (Å²) in [6.07, 6.45) is 8.96. The van der Waals surface area contributed by atoms with Crippen molar-refractivity contribution in [2.75, 3.05) is 19.7 Å². The Labute approximate surface area is 178 Å². The van der Waals surface area contributed by atoms with Crippen LogP contribution in [0.25, 0.3) is 6.08 Å². The number of hydrogen-bond donors (Lipinski definition) is 1. The summed E-state index contributed by atoms with van der Waals surface area (Å²) < 4.78 is 5.25. The highest BCUT2D eigenvalue weighted by atomic mass is 16.5. The van der Waals surface area contributed by atoms with E-state index < -0.39 is 0 Å². The molecular weight excluding hydrogens is 380 g/mol. The van der Waals surface area contributed by atoms with Crippen molar-refractivity contribution in [3.8, 4) is 0 Å². The van der Waals surface area contributed by atoms with Crippen molar-refractivity contribution >= 4 is 23.9 Å². The highest BCUT2D eigenvalue weighted by Crippen LogP contribution is 2.23. The van der Waals surface area contributed by atoms with Crippen molar-refractivity contribution in [1.82, 2.24) is 10.2 Å². The third-order valence-electron chi connectivity index (χ3n) is 6.16. The van der Waals surface area contributed by atoms with Crippen LogP contribution in [0.4, 0.5) is 0 Å². The van der Waals surface area contributed by atoms with Crippen molar-refractivity contribution in [3.63, 3.8) is 0 Å². The first-order valence-electron chi connectivity index (χ1n) is 11.0. The zero-order valence-corrected chi connectivity index (χ0v) is 17.7. The van der Waals surface area contributed by atoms with Gasteiger partial charge in [0.25, 0.3) is 5.91 Å². The molecule has 0 radical (unpaired) electrons. The number of carbonyl (C=O) groups is 3. The lowest BCUT2D eigenvalue weighted by Gasteiger charge is -2.30. The fraction of sp³-hybridized carbons (Fsp3) is 0.542. The van der Waals surface area contributed by atoms with E-state index in [1.54, 1.807) is 17.1 Å². The van der Waals surface area contributed by atoms with Crippen molar-refractivity contribution < 1.29 is 19.1 Å². The lowest BCUT2D eigenvalue weighted by molar-refractivity contribution is -0.155. The highest BCUT2D eigenvalue weighted by molar-refractivity contribution is 5.92. The minimum Gasteiger partial charge on any atom is -0.455 e. The molecular formula is C24H32N2O4. The summed E-state index contributed by atoms with van der Waals surface area (Å²) in [7, 11) is 0. The Balaban J connectivity index is 1.37. The fourth-order valence-electron chi connectivity index (χ4n) is 4.21. The second-order valence-corrected chi connectivity index (χ2v) is 8.39. The van der Waals surface area contributed by atoms with E-state index in [2.05, 4.69) is 12.2 Å². The summed E-state index contributed by atoms with van der Waals surface area (Å²) in [6, 6.07) is 9.86. The molecule has 1 aliphatic heterocycles. The number of rotatable bonds is 6. The van der Waals surface area contributed by atoms with Gasteiger partial charge >= 0.3 is 5.97 Å². The van der Waals surface area contributed by atoms with E-state index in [4.69, 9.17) is 4.74 Å². The molecule has 2 atom stereocenters. The zero-order valence-electron chi connectivity index (χ0n) is 17.7. The van der Waals surface area contributed by atoms with Crippen molar-refractivity contribution in [1.29, 1.82) is 0 Å². The van der Waals surface area contributed by atoms with Gasteiger partial charge < -0.3 is 15.0 Å². The number of ether oxygens (including phenoxy) is 1. The summed E-state index contributed by atoms with van der Waals surface area (Å²) in [4.78, 5) is 38.6. The Morgan fingerprint density at radius 2 is 1.77 bits per heavy atom. The van der Waals surface area contributed by atoms with Crippen LogP contribution >= 0.6 is 0 Å². The lowest BCUT2D eigenvalue weighted by atomic mass is 9.86. The van der Waals surface area contributed by atoms with Gasteiger partial charge in [0, 0.05) is 25.2 Å². The summed E-state index contributed by atoms with van der Waals surface area (Å²) in [5, 5.41) is 3.00. The standard InChI is InChI=1S/C24H32N2O4/c1-18-7-5-6-10-21(18)25-22(27)17-30-24(29)20-13-15-26(16-14-20)23(28)12-11-19-8-3-2-4-9-19/h2-4,8-9,11-12,18,20-21H,5-7,10,13-17H2,1H3,(H,25,27)/b12-11+/t18-,21-/m0/s1. The molecule has 2 aliphatic rings. The lowest BCUT2D eigenvalue weighted by Crippen LogP contribution is -2.43. The average molecular weight is 413 g/mol. The molecule has 0 unspecified atom stereocenters. The van der Waals surface area contributed by atoms with Gasteiger partial charge in [0.1, 0.15) is 0 Å². The van der Waals surface area contributed by atoms with Crippen molar-refractivity contribution in [3.05, 3.63) is 42.0 Å². The average Bonchev–Trinajstić information content (AvgIpc) is 2.78. The first-order chi connectivity index (χ1) is 14.5. The minimum absolute atomic E-state index is 0.0494. The number of piperidine rings is 1. The third-order valence-corrected chi connectivity index (χ3v) is 6.16. The molecule has 3 rings (SSSR count). The maximum absolute atomic E-state index is 12.3. The molecule has 0 aromatic heterocycles. The Bertz CT molecular complexity index is 754. The van der Waals surface area contributed by atoms with Gasteiger partial charge in [-0.2, -0.15) is 0 Å². The number of esters is 1. The maximum atomic E-state index is 12.3. The number of likely N-dealkylation sites (tertiary alicyclic amines) is 1. The largest absolute Gasteiger partial charge is 0.455 e. The first kappa shape index (κ1) is 22.1. The van der Waals surface area contributed by atoms with Gasteiger partial charge in [-0.1, -0.05) is 50.1 Å². The highest BCUT2D eigenvalue weighted by Gasteiger charge is 2.28. The van der Waals surface area contributed by atoms with E-state index in [0.29, 0.717) is 31.8 Å². The molecule has 0 bridgehead atoms. The van der Waals surface area contributed by atoms with Crippen LogP contribution in [0.1, 0.15) is 51.0 Å². The molecule has 1 N–H and O–H groups in total. The van der Waals surface area contributed by atoms with Crippen LogP contribution < -0.4 is 5.32 Å². The first-order valence-corrected chi connectivity index (χ1v) is 11.0. The molecule has 1 aromatic carbocycles. The van der Waals surface area contributed by atoms with Gasteiger partial charge in [-0.15, -0.1) is 0 Å². The molecule has 1 heterocycles. The van der Waals surface area contributed by atoms with E-state index in [1.807, 2.05) is 30.3 Å². The van der Waals surface area contributed by atoms with E-state index in [-0.39, 0.29) is 36.4 Å². The number of nitrogens with one attached hydrogen (secondary N) is 1. The quantitative estimate of drug-likeness (QED) is 0.575. The van der Waals surface area contributed by atoms with Crippen LogP contribution in [-0.4, -0.2) is 48.4 Å². The molecule has 0 spiro atoms. The second kappa shape index (κ2) is 11.0. The Morgan fingerprint density at radius 3 is 2.47 bits per heavy atom. The van der Waals surface area contributed by atoms with Crippen LogP contribution in [-0.2, 0) is 19.1 Å². The molecule has 2 amide bonds. The third kappa shape index (κ3) is 6.44. The predicted octanol–water partition coefficient (Wildman–Crippen LogP) is 3.18. The maximum Gasteiger partial charge on any atom is 0.309 e. The number of hydrogen-bond acceptors (Lipinski definition) is 4. The molecule has 6 heteroatoms. The Kier molecular flexibility index (Phi) is 8.05. The molecule has 1 aliphatic carbocycles. The van der Waals surface area contributed by atoms with Gasteiger partial charge in [-0.25, -0.2) is 0 Å². The van der Waals surface area contributed by atoms with Gasteiger partial charge in [-0.05, 0) is 43.2 Å². The summed E-state index contributed by atoms with van der Waals surface area (Å²) in [6.45, 7) is 2.97. The van der Waals surface area contributed by atoms with Crippen LogP contribution in [0, 0.1) is 11.8 Å². The van der Waals surface area contributed by atoms with Crippen LogP contribution in [0.15, 0.2) is 36.4 Å². The van der Waals surface area contributed by atoms with Crippen LogP contribution in [0.3, 0.4) is 0 Å². The van der Waals surface area contributed by atoms with Crippen LogP contribution in [0.5, 0.6) is 0 Å². The van der Waals surface area contributed by atoms with Crippen molar-refractivity contribution in [2.45, 2.75) is 51.5 Å². The minimum atomic E-state index is -0.339. The number of benzene rings is 1. The monoisotopic (exact) mass is 412 g/mol. The van der Waals surface area contributed by atoms with E-state index >= 15 is 0 Å². The fourth-order valence-corrected chi connectivity index (χ4v) is 4.21.